The molecule has 1 aromatic rings. The smallest absolute Gasteiger partial charge is 0.241 e. The van der Waals surface area contributed by atoms with Crippen molar-refractivity contribution in [2.75, 3.05) is 24.1 Å². The van der Waals surface area contributed by atoms with Gasteiger partial charge in [-0.05, 0) is 50.4 Å². The number of benzene rings is 1. The molecule has 0 aromatic heterocycles. The van der Waals surface area contributed by atoms with Crippen LogP contribution in [0.5, 0.6) is 0 Å². The lowest BCUT2D eigenvalue weighted by Gasteiger charge is -2.23. The van der Waals surface area contributed by atoms with E-state index in [-0.39, 0.29) is 17.6 Å². The van der Waals surface area contributed by atoms with Crippen LogP contribution in [0.3, 0.4) is 0 Å². The van der Waals surface area contributed by atoms with E-state index in [1.807, 2.05) is 6.92 Å². The van der Waals surface area contributed by atoms with Crippen LogP contribution in [0.2, 0.25) is 0 Å². The monoisotopic (exact) mass is 293 g/mol. The molecule has 5 heteroatoms. The molecule has 4 nitrogen and oxygen atoms in total. The lowest BCUT2D eigenvalue weighted by atomic mass is 10.0. The summed E-state index contributed by atoms with van der Waals surface area (Å²) in [6, 6.07) is 3.93. The first-order chi connectivity index (χ1) is 10.0. The van der Waals surface area contributed by atoms with Gasteiger partial charge in [-0.2, -0.15) is 0 Å². The van der Waals surface area contributed by atoms with Gasteiger partial charge in [0.25, 0.3) is 0 Å². The molecule has 0 spiro atoms. The van der Waals surface area contributed by atoms with Crippen molar-refractivity contribution in [1.82, 2.24) is 4.90 Å². The fraction of sp³-hybridized carbons (Fsp3) is 0.562. The molecule has 1 saturated heterocycles. The van der Waals surface area contributed by atoms with E-state index >= 15 is 0 Å². The number of anilines is 2. The van der Waals surface area contributed by atoms with Crippen molar-refractivity contribution in [3.05, 3.63) is 24.0 Å². The van der Waals surface area contributed by atoms with Crippen molar-refractivity contribution in [2.45, 2.75) is 39.2 Å². The van der Waals surface area contributed by atoms with Crippen molar-refractivity contribution in [3.8, 4) is 0 Å². The Morgan fingerprint density at radius 3 is 3.05 bits per heavy atom. The molecule has 1 heterocycles. The molecule has 0 radical (unpaired) electrons. The van der Waals surface area contributed by atoms with E-state index in [1.54, 1.807) is 0 Å². The van der Waals surface area contributed by atoms with Crippen molar-refractivity contribution >= 4 is 17.3 Å². The zero-order valence-electron chi connectivity index (χ0n) is 12.7. The maximum absolute atomic E-state index is 13.6. The average Bonchev–Trinajstić information content (AvgIpc) is 2.91. The van der Waals surface area contributed by atoms with Crippen LogP contribution in [0.4, 0.5) is 15.8 Å². The second-order valence-corrected chi connectivity index (χ2v) is 5.84. The van der Waals surface area contributed by atoms with Gasteiger partial charge in [0.05, 0.1) is 11.7 Å². The lowest BCUT2D eigenvalue weighted by molar-refractivity contribution is -0.120. The van der Waals surface area contributed by atoms with E-state index in [2.05, 4.69) is 17.1 Å². The Balaban J connectivity index is 1.95. The molecule has 3 N–H and O–H groups in total. The minimum Gasteiger partial charge on any atom is -0.399 e. The van der Waals surface area contributed by atoms with E-state index in [4.69, 9.17) is 5.73 Å². The van der Waals surface area contributed by atoms with Crippen LogP contribution in [0.15, 0.2) is 18.2 Å². The van der Waals surface area contributed by atoms with Gasteiger partial charge < -0.3 is 11.1 Å². The number of rotatable bonds is 5. The number of carbonyl (C=O) groups excluding carboxylic acids is 1. The number of halogens is 1. The Hall–Kier alpha value is -1.62. The highest BCUT2D eigenvalue weighted by molar-refractivity contribution is 5.95. The average molecular weight is 293 g/mol. The molecule has 1 aliphatic rings. The van der Waals surface area contributed by atoms with E-state index in [9.17, 15) is 9.18 Å². The minimum atomic E-state index is -0.463. The minimum absolute atomic E-state index is 0.149. The highest BCUT2D eigenvalue weighted by Gasteiger charge is 2.29. The molecule has 0 saturated carbocycles. The van der Waals surface area contributed by atoms with Crippen molar-refractivity contribution in [1.29, 1.82) is 0 Å². The summed E-state index contributed by atoms with van der Waals surface area (Å²) in [6.45, 7) is 5.93. The number of nitrogens with zero attached hydrogens (tertiary/aromatic N) is 1. The molecular formula is C16H24FN3O. The second kappa shape index (κ2) is 6.89. The number of hydrogen-bond donors (Lipinski definition) is 2. The molecule has 0 aliphatic carbocycles. The lowest BCUT2D eigenvalue weighted by Crippen LogP contribution is -2.40. The number of nitrogen functional groups attached to an aromatic ring is 1. The quantitative estimate of drug-likeness (QED) is 0.821. The van der Waals surface area contributed by atoms with Crippen LogP contribution in [-0.2, 0) is 4.79 Å². The molecule has 1 fully saturated rings. The van der Waals surface area contributed by atoms with Crippen molar-refractivity contribution < 1.29 is 9.18 Å². The summed E-state index contributed by atoms with van der Waals surface area (Å²) in [4.78, 5) is 14.4. The summed E-state index contributed by atoms with van der Waals surface area (Å²) in [7, 11) is 0. The van der Waals surface area contributed by atoms with Gasteiger partial charge in [-0.3, -0.25) is 9.69 Å². The van der Waals surface area contributed by atoms with Gasteiger partial charge in [-0.15, -0.1) is 0 Å². The molecule has 1 aliphatic heterocycles. The number of likely N-dealkylation sites (tertiary alicyclic amines) is 1. The topological polar surface area (TPSA) is 58.4 Å². The fourth-order valence-corrected chi connectivity index (χ4v) is 2.90. The summed E-state index contributed by atoms with van der Waals surface area (Å²) in [5.41, 5.74) is 6.21. The predicted molar refractivity (Wildman–Crippen MR) is 83.5 cm³/mol. The summed E-state index contributed by atoms with van der Waals surface area (Å²) < 4.78 is 13.6. The van der Waals surface area contributed by atoms with Crippen LogP contribution < -0.4 is 11.1 Å². The summed E-state index contributed by atoms with van der Waals surface area (Å²) >= 11 is 0. The van der Waals surface area contributed by atoms with E-state index in [0.717, 1.165) is 19.5 Å². The van der Waals surface area contributed by atoms with Crippen LogP contribution in [0, 0.1) is 11.7 Å². The van der Waals surface area contributed by atoms with Crippen LogP contribution in [0.1, 0.15) is 33.1 Å². The van der Waals surface area contributed by atoms with Gasteiger partial charge in [-0.25, -0.2) is 4.39 Å². The summed E-state index contributed by atoms with van der Waals surface area (Å²) in [6.07, 6.45) is 3.51. The molecule has 2 atom stereocenters. The molecule has 0 bridgehead atoms. The zero-order chi connectivity index (χ0) is 15.4. The number of hydrogen-bond acceptors (Lipinski definition) is 3. The van der Waals surface area contributed by atoms with Gasteiger partial charge >= 0.3 is 0 Å². The number of carbonyl (C=O) groups is 1. The maximum Gasteiger partial charge on any atom is 0.241 e. The first-order valence-electron chi connectivity index (χ1n) is 7.61. The van der Waals surface area contributed by atoms with Crippen molar-refractivity contribution in [2.24, 2.45) is 5.92 Å². The second-order valence-electron chi connectivity index (χ2n) is 5.84. The molecule has 116 valence electrons. The molecule has 21 heavy (non-hydrogen) atoms. The third kappa shape index (κ3) is 3.94. The highest BCUT2D eigenvalue weighted by Crippen LogP contribution is 2.24. The van der Waals surface area contributed by atoms with Gasteiger partial charge in [-0.1, -0.05) is 13.3 Å². The molecule has 2 unspecified atom stereocenters. The van der Waals surface area contributed by atoms with Crippen molar-refractivity contribution in [3.63, 3.8) is 0 Å². The summed E-state index contributed by atoms with van der Waals surface area (Å²) in [5.74, 6) is 0.0287. The van der Waals surface area contributed by atoms with Crippen LogP contribution in [0.25, 0.3) is 0 Å². The number of nitrogens with two attached hydrogens (primary N) is 1. The number of nitrogens with one attached hydrogen (secondary N) is 1. The Kier molecular flexibility index (Phi) is 5.17. The highest BCUT2D eigenvalue weighted by atomic mass is 19.1. The third-order valence-electron chi connectivity index (χ3n) is 4.19. The molecule has 2 rings (SSSR count). The largest absolute Gasteiger partial charge is 0.399 e. The first-order valence-corrected chi connectivity index (χ1v) is 7.61. The molecular weight excluding hydrogens is 269 g/mol. The normalized spacial score (nSPS) is 20.4. The molecule has 1 amide bonds. The number of amides is 1. The molecule has 1 aromatic carbocycles. The Morgan fingerprint density at radius 2 is 2.33 bits per heavy atom. The SMILES string of the molecule is CCCC1CCN(C(C)C(=O)Nc2cc(N)ccc2F)C1. The van der Waals surface area contributed by atoms with Gasteiger partial charge in [0.1, 0.15) is 5.82 Å². The standard InChI is InChI=1S/C16H24FN3O/c1-3-4-12-7-8-20(10-12)11(2)16(21)19-15-9-13(18)5-6-14(15)17/h5-6,9,11-12H,3-4,7-8,10,18H2,1-2H3,(H,19,21). The van der Waals surface area contributed by atoms with Crippen LogP contribution in [-0.4, -0.2) is 29.9 Å². The maximum atomic E-state index is 13.6. The van der Waals surface area contributed by atoms with E-state index in [0.29, 0.717) is 11.6 Å². The summed E-state index contributed by atoms with van der Waals surface area (Å²) in [5, 5.41) is 2.64. The Bertz CT molecular complexity index is 506. The van der Waals surface area contributed by atoms with Gasteiger partial charge in [0, 0.05) is 12.2 Å². The fourth-order valence-electron chi connectivity index (χ4n) is 2.90. The predicted octanol–water partition coefficient (Wildman–Crippen LogP) is 2.86. The van der Waals surface area contributed by atoms with Gasteiger partial charge in [0.2, 0.25) is 5.91 Å². The first kappa shape index (κ1) is 15.8. The zero-order valence-corrected chi connectivity index (χ0v) is 12.7. The Morgan fingerprint density at radius 1 is 1.57 bits per heavy atom. The van der Waals surface area contributed by atoms with E-state index < -0.39 is 5.82 Å². The van der Waals surface area contributed by atoms with Gasteiger partial charge in [0.15, 0.2) is 0 Å². The van der Waals surface area contributed by atoms with E-state index in [1.165, 1.54) is 31.0 Å². The van der Waals surface area contributed by atoms with Crippen LogP contribution >= 0.6 is 0 Å². The Labute approximate surface area is 125 Å². The third-order valence-corrected chi connectivity index (χ3v) is 4.19.